The first-order chi connectivity index (χ1) is 15.7. The van der Waals surface area contributed by atoms with E-state index in [0.29, 0.717) is 30.8 Å². The van der Waals surface area contributed by atoms with Crippen LogP contribution >= 0.6 is 0 Å². The second-order valence-corrected chi connectivity index (χ2v) is 7.57. The highest BCUT2D eigenvalue weighted by Gasteiger charge is 2.31. The molecule has 0 spiro atoms. The number of aliphatic carboxylic acids is 1. The molecule has 0 fully saturated rings. The van der Waals surface area contributed by atoms with Gasteiger partial charge in [0.15, 0.2) is 0 Å². The van der Waals surface area contributed by atoms with Crippen LogP contribution in [-0.4, -0.2) is 34.0 Å². The average molecular weight is 462 g/mol. The van der Waals surface area contributed by atoms with Gasteiger partial charge in [0, 0.05) is 29.7 Å². The van der Waals surface area contributed by atoms with Crippen molar-refractivity contribution in [2.75, 3.05) is 6.61 Å². The number of rotatable bonds is 11. The Labute approximate surface area is 189 Å². The molecular formula is C24H25F3N2O4. The van der Waals surface area contributed by atoms with Crippen molar-refractivity contribution < 1.29 is 32.5 Å². The van der Waals surface area contributed by atoms with Gasteiger partial charge in [0.25, 0.3) is 0 Å². The first kappa shape index (κ1) is 24.2. The highest BCUT2D eigenvalue weighted by Crippen LogP contribution is 2.27. The summed E-state index contributed by atoms with van der Waals surface area (Å²) < 4.78 is 46.9. The van der Waals surface area contributed by atoms with Gasteiger partial charge in [-0.3, -0.25) is 4.79 Å². The molecule has 0 aliphatic rings. The number of nitrogens with one attached hydrogen (secondary N) is 1. The minimum atomic E-state index is -4.73. The van der Waals surface area contributed by atoms with Gasteiger partial charge in [-0.15, -0.1) is 13.2 Å². The molecule has 0 radical (unpaired) electrons. The van der Waals surface area contributed by atoms with E-state index < -0.39 is 12.3 Å². The quantitative estimate of drug-likeness (QED) is 0.347. The zero-order valence-corrected chi connectivity index (χ0v) is 18.1. The zero-order chi connectivity index (χ0) is 23.8. The summed E-state index contributed by atoms with van der Waals surface area (Å²) in [4.78, 5) is 18.4. The molecule has 0 saturated carbocycles. The van der Waals surface area contributed by atoms with Crippen molar-refractivity contribution in [3.05, 3.63) is 65.5 Å². The summed E-state index contributed by atoms with van der Waals surface area (Å²) >= 11 is 0. The van der Waals surface area contributed by atoms with E-state index >= 15 is 0 Å². The number of carboxylic acid groups (broad SMARTS) is 1. The molecule has 2 N–H and O–H groups in total. The van der Waals surface area contributed by atoms with Gasteiger partial charge in [-0.05, 0) is 56.5 Å². The van der Waals surface area contributed by atoms with E-state index in [4.69, 9.17) is 9.84 Å². The fourth-order valence-electron chi connectivity index (χ4n) is 3.33. The molecule has 6 nitrogen and oxygen atoms in total. The standard InChI is InChI=1S/C24H25F3N2O4/c1-16-20(29-23(28-16)17-10-12-19(13-11-17)33-24(25,26)27)15-18-7-4-5-8-21(18)32-14-6-2-3-9-22(30)31/h4-5,7-8,10-13H,2-3,6,9,14-15H2,1H3,(H,28,29)(H,30,31). The second kappa shape index (κ2) is 10.9. The van der Waals surface area contributed by atoms with E-state index in [0.717, 1.165) is 35.5 Å². The number of benzene rings is 2. The van der Waals surface area contributed by atoms with Crippen LogP contribution in [0.2, 0.25) is 0 Å². The Morgan fingerprint density at radius 3 is 2.48 bits per heavy atom. The summed E-state index contributed by atoms with van der Waals surface area (Å²) in [6, 6.07) is 13.2. The van der Waals surface area contributed by atoms with Gasteiger partial charge in [0.2, 0.25) is 0 Å². The highest BCUT2D eigenvalue weighted by molar-refractivity contribution is 5.66. The molecule has 0 aliphatic heterocycles. The van der Waals surface area contributed by atoms with E-state index in [1.165, 1.54) is 24.3 Å². The lowest BCUT2D eigenvalue weighted by Crippen LogP contribution is -2.16. The van der Waals surface area contributed by atoms with Crippen molar-refractivity contribution in [1.82, 2.24) is 9.97 Å². The Balaban J connectivity index is 1.63. The molecule has 0 bridgehead atoms. The lowest BCUT2D eigenvalue weighted by atomic mass is 10.1. The molecule has 3 rings (SSSR count). The molecule has 0 aliphatic carbocycles. The van der Waals surface area contributed by atoms with Gasteiger partial charge in [-0.25, -0.2) is 4.98 Å². The fraction of sp³-hybridized carbons (Fsp3) is 0.333. The summed E-state index contributed by atoms with van der Waals surface area (Å²) in [7, 11) is 0. The Kier molecular flexibility index (Phi) is 7.97. The number of para-hydroxylation sites is 1. The molecule has 1 heterocycles. The number of aromatic nitrogens is 2. The van der Waals surface area contributed by atoms with E-state index in [1.807, 2.05) is 31.2 Å². The van der Waals surface area contributed by atoms with Crippen molar-refractivity contribution in [1.29, 1.82) is 0 Å². The van der Waals surface area contributed by atoms with Crippen molar-refractivity contribution in [3.8, 4) is 22.9 Å². The van der Waals surface area contributed by atoms with Crippen molar-refractivity contribution in [2.45, 2.75) is 45.4 Å². The minimum Gasteiger partial charge on any atom is -0.493 e. The van der Waals surface area contributed by atoms with E-state index in [1.54, 1.807) is 0 Å². The molecule has 0 atom stereocenters. The Morgan fingerprint density at radius 2 is 1.79 bits per heavy atom. The van der Waals surface area contributed by atoms with Crippen LogP contribution in [0.4, 0.5) is 13.2 Å². The van der Waals surface area contributed by atoms with E-state index in [-0.39, 0.29) is 12.2 Å². The minimum absolute atomic E-state index is 0.162. The lowest BCUT2D eigenvalue weighted by molar-refractivity contribution is -0.274. The number of carboxylic acids is 1. The van der Waals surface area contributed by atoms with Crippen LogP contribution in [0.15, 0.2) is 48.5 Å². The summed E-state index contributed by atoms with van der Waals surface area (Å²) in [5, 5.41) is 8.69. The number of ether oxygens (including phenoxy) is 2. The molecule has 9 heteroatoms. The molecule has 1 aromatic heterocycles. The smallest absolute Gasteiger partial charge is 0.493 e. The SMILES string of the molecule is Cc1[nH]c(-c2ccc(OC(F)(F)F)cc2)nc1Cc1ccccc1OCCCCCC(=O)O. The third-order valence-corrected chi connectivity index (χ3v) is 4.97. The van der Waals surface area contributed by atoms with Crippen LogP contribution in [0.5, 0.6) is 11.5 Å². The third kappa shape index (κ3) is 7.55. The van der Waals surface area contributed by atoms with Gasteiger partial charge in [0.1, 0.15) is 17.3 Å². The molecule has 3 aromatic rings. The van der Waals surface area contributed by atoms with Crippen LogP contribution in [0.25, 0.3) is 11.4 Å². The maximum Gasteiger partial charge on any atom is 0.573 e. The van der Waals surface area contributed by atoms with Crippen LogP contribution in [0.3, 0.4) is 0 Å². The van der Waals surface area contributed by atoms with Crippen LogP contribution < -0.4 is 9.47 Å². The number of alkyl halides is 3. The number of hydrogen-bond acceptors (Lipinski definition) is 4. The number of unbranched alkanes of at least 4 members (excludes halogenated alkanes) is 2. The molecule has 176 valence electrons. The number of halogens is 3. The van der Waals surface area contributed by atoms with Gasteiger partial charge in [-0.2, -0.15) is 0 Å². The maximum absolute atomic E-state index is 12.3. The van der Waals surface area contributed by atoms with Crippen molar-refractivity contribution in [2.24, 2.45) is 0 Å². The predicted octanol–water partition coefficient (Wildman–Crippen LogP) is 5.90. The first-order valence-corrected chi connectivity index (χ1v) is 10.6. The predicted molar refractivity (Wildman–Crippen MR) is 116 cm³/mol. The number of aromatic amines is 1. The largest absolute Gasteiger partial charge is 0.573 e. The Bertz CT molecular complexity index is 1060. The lowest BCUT2D eigenvalue weighted by Gasteiger charge is -2.11. The van der Waals surface area contributed by atoms with Gasteiger partial charge in [-0.1, -0.05) is 18.2 Å². The number of nitrogens with zero attached hydrogens (tertiary/aromatic N) is 1. The van der Waals surface area contributed by atoms with Crippen molar-refractivity contribution >= 4 is 5.97 Å². The average Bonchev–Trinajstić information content (AvgIpc) is 3.11. The van der Waals surface area contributed by atoms with Gasteiger partial charge >= 0.3 is 12.3 Å². The molecule has 2 aromatic carbocycles. The molecular weight excluding hydrogens is 437 g/mol. The zero-order valence-electron chi connectivity index (χ0n) is 18.1. The number of carbonyl (C=O) groups is 1. The van der Waals surface area contributed by atoms with Crippen LogP contribution in [0.1, 0.15) is 42.6 Å². The highest BCUT2D eigenvalue weighted by atomic mass is 19.4. The first-order valence-electron chi connectivity index (χ1n) is 10.6. The molecule has 33 heavy (non-hydrogen) atoms. The summed E-state index contributed by atoms with van der Waals surface area (Å²) in [5.74, 6) is 0.218. The maximum atomic E-state index is 12.3. The summed E-state index contributed by atoms with van der Waals surface area (Å²) in [6.45, 7) is 2.38. The second-order valence-electron chi connectivity index (χ2n) is 7.57. The van der Waals surface area contributed by atoms with Gasteiger partial charge < -0.3 is 19.6 Å². The fourth-order valence-corrected chi connectivity index (χ4v) is 3.33. The van der Waals surface area contributed by atoms with Crippen molar-refractivity contribution in [3.63, 3.8) is 0 Å². The molecule has 0 amide bonds. The third-order valence-electron chi connectivity index (χ3n) is 4.97. The normalized spacial score (nSPS) is 11.4. The monoisotopic (exact) mass is 462 g/mol. The van der Waals surface area contributed by atoms with Gasteiger partial charge in [0.05, 0.1) is 12.3 Å². The number of H-pyrrole nitrogens is 1. The van der Waals surface area contributed by atoms with Crippen LogP contribution in [-0.2, 0) is 11.2 Å². The molecule has 0 unspecified atom stereocenters. The molecule has 0 saturated heterocycles. The topological polar surface area (TPSA) is 84.4 Å². The number of imidazole rings is 1. The van der Waals surface area contributed by atoms with E-state index in [9.17, 15) is 18.0 Å². The Hall–Kier alpha value is -3.49. The summed E-state index contributed by atoms with van der Waals surface area (Å²) in [6.07, 6.45) is -1.88. The van der Waals surface area contributed by atoms with Crippen LogP contribution in [0, 0.1) is 6.92 Å². The number of aryl methyl sites for hydroxylation is 1. The summed E-state index contributed by atoms with van der Waals surface area (Å²) in [5.41, 5.74) is 3.25. The number of hydrogen-bond donors (Lipinski definition) is 2. The Morgan fingerprint density at radius 1 is 1.06 bits per heavy atom. The van der Waals surface area contributed by atoms with E-state index in [2.05, 4.69) is 14.7 Å².